The number of hydrogen-bond donors (Lipinski definition) is 1. The number of benzene rings is 1. The Morgan fingerprint density at radius 2 is 1.83 bits per heavy atom. The van der Waals surface area contributed by atoms with Gasteiger partial charge in [-0.15, -0.1) is 0 Å². The molecule has 1 heterocycles. The largest absolute Gasteiger partial charge is 0.506 e. The summed E-state index contributed by atoms with van der Waals surface area (Å²) in [5.74, 6) is -0.147. The van der Waals surface area contributed by atoms with Gasteiger partial charge in [0.25, 0.3) is 0 Å². The maximum Gasteiger partial charge on any atom is 0.146 e. The predicted molar refractivity (Wildman–Crippen MR) is 93.2 cm³/mol. The van der Waals surface area contributed by atoms with E-state index in [1.165, 1.54) is 4.68 Å². The molecule has 0 unspecified atom stereocenters. The van der Waals surface area contributed by atoms with Gasteiger partial charge in [-0.2, -0.15) is 10.4 Å². The van der Waals surface area contributed by atoms with Gasteiger partial charge in [0.05, 0.1) is 11.3 Å². The van der Waals surface area contributed by atoms with Gasteiger partial charge in [0, 0.05) is 7.05 Å². The van der Waals surface area contributed by atoms with E-state index in [2.05, 4.69) is 31.9 Å². The molecule has 0 amide bonds. The molecule has 0 saturated carbocycles. The summed E-state index contributed by atoms with van der Waals surface area (Å²) in [6.07, 6.45) is 0. The molecule has 1 aromatic carbocycles. The van der Waals surface area contributed by atoms with E-state index in [-0.39, 0.29) is 16.7 Å². The molecule has 0 bridgehead atoms. The standard InChI is InChI=1S/C18H20ClN3O/c1-11-15(17(19)22(5)21-11)16(23)14(10-20)12-6-8-13(9-7-12)18(2,3)4/h6-9,23H,1-5H3. The summed E-state index contributed by atoms with van der Waals surface area (Å²) in [4.78, 5) is 0. The highest BCUT2D eigenvalue weighted by molar-refractivity contribution is 6.31. The number of nitriles is 1. The van der Waals surface area contributed by atoms with E-state index in [4.69, 9.17) is 11.6 Å². The van der Waals surface area contributed by atoms with Crippen LogP contribution in [0.15, 0.2) is 24.3 Å². The summed E-state index contributed by atoms with van der Waals surface area (Å²) in [6.45, 7) is 8.12. The zero-order chi connectivity index (χ0) is 17.4. The Morgan fingerprint density at radius 3 is 2.22 bits per heavy atom. The highest BCUT2D eigenvalue weighted by Gasteiger charge is 2.20. The Balaban J connectivity index is 2.57. The van der Waals surface area contributed by atoms with E-state index in [1.54, 1.807) is 14.0 Å². The minimum absolute atomic E-state index is 0.0281. The van der Waals surface area contributed by atoms with Crippen LogP contribution in [-0.2, 0) is 12.5 Å². The monoisotopic (exact) mass is 329 g/mol. The van der Waals surface area contributed by atoms with E-state index in [0.29, 0.717) is 22.0 Å². The first-order valence-corrected chi connectivity index (χ1v) is 7.68. The highest BCUT2D eigenvalue weighted by atomic mass is 35.5. The molecule has 1 N–H and O–H groups in total. The third-order valence-corrected chi connectivity index (χ3v) is 4.21. The van der Waals surface area contributed by atoms with Gasteiger partial charge in [0.2, 0.25) is 0 Å². The highest BCUT2D eigenvalue weighted by Crippen LogP contribution is 2.32. The number of allylic oxidation sites excluding steroid dienone is 1. The molecule has 4 nitrogen and oxygen atoms in total. The summed E-state index contributed by atoms with van der Waals surface area (Å²) in [5.41, 5.74) is 2.99. The first-order valence-electron chi connectivity index (χ1n) is 7.30. The van der Waals surface area contributed by atoms with Crippen molar-refractivity contribution in [2.75, 3.05) is 0 Å². The fourth-order valence-electron chi connectivity index (χ4n) is 2.42. The molecule has 0 fully saturated rings. The van der Waals surface area contributed by atoms with Gasteiger partial charge >= 0.3 is 0 Å². The van der Waals surface area contributed by atoms with Crippen LogP contribution in [0.1, 0.15) is 43.2 Å². The topological polar surface area (TPSA) is 61.8 Å². The van der Waals surface area contributed by atoms with E-state index < -0.39 is 0 Å². The fourth-order valence-corrected chi connectivity index (χ4v) is 2.68. The van der Waals surface area contributed by atoms with Gasteiger partial charge in [0.1, 0.15) is 22.6 Å². The van der Waals surface area contributed by atoms with Gasteiger partial charge in [-0.25, -0.2) is 0 Å². The van der Waals surface area contributed by atoms with Crippen molar-refractivity contribution < 1.29 is 5.11 Å². The molecule has 5 heteroatoms. The fraction of sp³-hybridized carbons (Fsp3) is 0.333. The van der Waals surface area contributed by atoms with Crippen molar-refractivity contribution in [3.05, 3.63) is 51.8 Å². The van der Waals surface area contributed by atoms with Crippen LogP contribution in [0.25, 0.3) is 11.3 Å². The van der Waals surface area contributed by atoms with Crippen LogP contribution in [0.3, 0.4) is 0 Å². The number of nitrogens with zero attached hydrogens (tertiary/aromatic N) is 3. The zero-order valence-electron chi connectivity index (χ0n) is 14.0. The van der Waals surface area contributed by atoms with E-state index in [1.807, 2.05) is 24.3 Å². The number of rotatable bonds is 2. The van der Waals surface area contributed by atoms with Crippen LogP contribution in [-0.4, -0.2) is 14.9 Å². The minimum Gasteiger partial charge on any atom is -0.506 e. The lowest BCUT2D eigenvalue weighted by molar-refractivity contribution is 0.513. The second kappa shape index (κ2) is 6.10. The van der Waals surface area contributed by atoms with Crippen molar-refractivity contribution >= 4 is 22.9 Å². The molecule has 0 spiro atoms. The quantitative estimate of drug-likeness (QED) is 0.645. The summed E-state index contributed by atoms with van der Waals surface area (Å²) in [6, 6.07) is 9.70. The molecule has 120 valence electrons. The average molecular weight is 330 g/mol. The minimum atomic E-state index is -0.147. The van der Waals surface area contributed by atoms with Gasteiger partial charge in [-0.05, 0) is 23.5 Å². The van der Waals surface area contributed by atoms with Crippen LogP contribution in [0.5, 0.6) is 0 Å². The predicted octanol–water partition coefficient (Wildman–Crippen LogP) is 4.63. The number of aliphatic hydroxyl groups excluding tert-OH is 1. The number of aliphatic hydroxyl groups is 1. The molecule has 0 saturated heterocycles. The summed E-state index contributed by atoms with van der Waals surface area (Å²) in [7, 11) is 1.69. The molecule has 0 radical (unpaired) electrons. The van der Waals surface area contributed by atoms with Crippen LogP contribution in [0.2, 0.25) is 5.15 Å². The molecular weight excluding hydrogens is 310 g/mol. The maximum absolute atomic E-state index is 10.6. The van der Waals surface area contributed by atoms with Crippen molar-refractivity contribution in [2.24, 2.45) is 7.05 Å². The van der Waals surface area contributed by atoms with Crippen LogP contribution < -0.4 is 0 Å². The van der Waals surface area contributed by atoms with Crippen LogP contribution in [0, 0.1) is 18.3 Å². The van der Waals surface area contributed by atoms with E-state index in [0.717, 1.165) is 5.56 Å². The van der Waals surface area contributed by atoms with Crippen molar-refractivity contribution in [3.8, 4) is 6.07 Å². The molecule has 23 heavy (non-hydrogen) atoms. The van der Waals surface area contributed by atoms with E-state index in [9.17, 15) is 10.4 Å². The van der Waals surface area contributed by atoms with Gasteiger partial charge < -0.3 is 5.11 Å². The lowest BCUT2D eigenvalue weighted by Crippen LogP contribution is -2.10. The van der Waals surface area contributed by atoms with E-state index >= 15 is 0 Å². The van der Waals surface area contributed by atoms with Crippen molar-refractivity contribution in [1.29, 1.82) is 5.26 Å². The van der Waals surface area contributed by atoms with Crippen molar-refractivity contribution in [1.82, 2.24) is 9.78 Å². The second-order valence-electron chi connectivity index (χ2n) is 6.54. The van der Waals surface area contributed by atoms with Crippen LogP contribution >= 0.6 is 11.6 Å². The normalized spacial score (nSPS) is 12.7. The lowest BCUT2D eigenvalue weighted by Gasteiger charge is -2.19. The zero-order valence-corrected chi connectivity index (χ0v) is 14.7. The Bertz CT molecular complexity index is 803. The Hall–Kier alpha value is -2.25. The number of aromatic nitrogens is 2. The number of hydrogen-bond acceptors (Lipinski definition) is 3. The molecule has 0 aliphatic rings. The second-order valence-corrected chi connectivity index (χ2v) is 6.90. The smallest absolute Gasteiger partial charge is 0.146 e. The average Bonchev–Trinajstić information content (AvgIpc) is 2.72. The van der Waals surface area contributed by atoms with Gasteiger partial charge in [0.15, 0.2) is 0 Å². The lowest BCUT2D eigenvalue weighted by atomic mass is 9.86. The van der Waals surface area contributed by atoms with Crippen molar-refractivity contribution in [2.45, 2.75) is 33.1 Å². The first kappa shape index (κ1) is 17.1. The summed E-state index contributed by atoms with van der Waals surface area (Å²) < 4.78 is 1.47. The summed E-state index contributed by atoms with van der Waals surface area (Å²) >= 11 is 6.18. The molecule has 0 aliphatic carbocycles. The maximum atomic E-state index is 10.6. The van der Waals surface area contributed by atoms with Crippen molar-refractivity contribution in [3.63, 3.8) is 0 Å². The van der Waals surface area contributed by atoms with Gasteiger partial charge in [-0.1, -0.05) is 56.6 Å². The number of halogens is 1. The van der Waals surface area contributed by atoms with Gasteiger partial charge in [-0.3, -0.25) is 4.68 Å². The Morgan fingerprint density at radius 1 is 1.26 bits per heavy atom. The molecule has 2 aromatic rings. The van der Waals surface area contributed by atoms with Crippen LogP contribution in [0.4, 0.5) is 0 Å². The summed E-state index contributed by atoms with van der Waals surface area (Å²) in [5, 5.41) is 24.5. The Kier molecular flexibility index (Phi) is 4.53. The third kappa shape index (κ3) is 3.25. The number of aryl methyl sites for hydroxylation is 2. The molecule has 0 atom stereocenters. The molecule has 2 rings (SSSR count). The molecule has 0 aliphatic heterocycles. The SMILES string of the molecule is Cc1nn(C)c(Cl)c1C(O)=C(C#N)c1ccc(C(C)(C)C)cc1. The Labute approximate surface area is 141 Å². The first-order chi connectivity index (χ1) is 10.7. The molecule has 1 aromatic heterocycles. The third-order valence-electron chi connectivity index (χ3n) is 3.78. The molecular formula is C18H20ClN3O.